The third kappa shape index (κ3) is 2.41. The van der Waals surface area contributed by atoms with Crippen molar-refractivity contribution >= 4 is 16.9 Å². The Kier molecular flexibility index (Phi) is 4.32. The summed E-state index contributed by atoms with van der Waals surface area (Å²) in [6.07, 6.45) is 4.09. The second-order valence-electron chi connectivity index (χ2n) is 8.86. The van der Waals surface area contributed by atoms with Crippen LogP contribution in [0.25, 0.3) is 10.9 Å². The number of hydrogen-bond donors (Lipinski definition) is 1. The normalized spacial score (nSPS) is 32.6. The van der Waals surface area contributed by atoms with Crippen LogP contribution < -0.4 is 9.47 Å². The number of nitrogens with one attached hydrogen (secondary N) is 1. The van der Waals surface area contributed by atoms with Gasteiger partial charge in [-0.2, -0.15) is 0 Å². The number of methoxy groups -OCH3 is 3. The quantitative estimate of drug-likeness (QED) is 0.801. The predicted molar refractivity (Wildman–Crippen MR) is 111 cm³/mol. The van der Waals surface area contributed by atoms with Gasteiger partial charge < -0.3 is 19.2 Å². The second kappa shape index (κ2) is 6.66. The van der Waals surface area contributed by atoms with Gasteiger partial charge in [0.25, 0.3) is 0 Å². The maximum absolute atomic E-state index is 13.5. The van der Waals surface area contributed by atoms with Gasteiger partial charge in [0.1, 0.15) is 5.41 Å². The number of fused-ring (bicyclic) bond motifs is 4. The number of carbonyl (C=O) groups excluding carboxylic acids is 1. The lowest BCUT2D eigenvalue weighted by Crippen LogP contribution is -2.67. The molecule has 4 aliphatic rings. The Morgan fingerprint density at radius 3 is 2.69 bits per heavy atom. The minimum Gasteiger partial charge on any atom is -0.493 e. The van der Waals surface area contributed by atoms with Crippen LogP contribution in [0.15, 0.2) is 12.1 Å². The molecule has 1 aromatic heterocycles. The fourth-order valence-corrected chi connectivity index (χ4v) is 6.64. The summed E-state index contributed by atoms with van der Waals surface area (Å²) >= 11 is 0. The zero-order valence-corrected chi connectivity index (χ0v) is 17.7. The molecule has 1 saturated carbocycles. The van der Waals surface area contributed by atoms with Crippen molar-refractivity contribution in [3.63, 3.8) is 0 Å². The molecule has 0 amide bonds. The highest BCUT2D eigenvalue weighted by Crippen LogP contribution is 2.55. The minimum absolute atomic E-state index is 0.0935. The van der Waals surface area contributed by atoms with Crippen LogP contribution in [0.4, 0.5) is 0 Å². The summed E-state index contributed by atoms with van der Waals surface area (Å²) < 4.78 is 16.5. The van der Waals surface area contributed by atoms with Gasteiger partial charge in [-0.1, -0.05) is 13.3 Å². The van der Waals surface area contributed by atoms with Crippen LogP contribution in [0.5, 0.6) is 11.5 Å². The standard InChI is InChI=1S/C23H30N2O4/c1-5-14-8-13-11-23(22(26)29-4)20-15(6-7-25(12-13)21(14)23)16-9-18(27-2)19(28-3)10-17(16)24-20/h9-10,13-14,21,24H,5-8,11-12H2,1-4H3/t13?,14-,21?,23?/m1/s1. The van der Waals surface area contributed by atoms with Crippen molar-refractivity contribution in [2.24, 2.45) is 11.8 Å². The van der Waals surface area contributed by atoms with E-state index < -0.39 is 5.41 Å². The third-order valence-electron chi connectivity index (χ3n) is 7.66. The first-order valence-electron chi connectivity index (χ1n) is 10.7. The number of esters is 1. The molecular weight excluding hydrogens is 368 g/mol. The molecule has 1 N–H and O–H groups in total. The Hall–Kier alpha value is -2.21. The Morgan fingerprint density at radius 2 is 2.00 bits per heavy atom. The number of rotatable bonds is 4. The average molecular weight is 399 g/mol. The summed E-state index contributed by atoms with van der Waals surface area (Å²) in [7, 11) is 4.84. The van der Waals surface area contributed by atoms with Crippen LogP contribution in [-0.2, 0) is 21.4 Å². The predicted octanol–water partition coefficient (Wildman–Crippen LogP) is 3.27. The molecule has 29 heavy (non-hydrogen) atoms. The number of aromatic nitrogens is 1. The van der Waals surface area contributed by atoms with E-state index in [1.807, 2.05) is 6.07 Å². The van der Waals surface area contributed by atoms with E-state index in [-0.39, 0.29) is 12.0 Å². The summed E-state index contributed by atoms with van der Waals surface area (Å²) in [5.74, 6) is 2.37. The van der Waals surface area contributed by atoms with Crippen molar-refractivity contribution < 1.29 is 19.0 Å². The van der Waals surface area contributed by atoms with Crippen molar-refractivity contribution in [3.8, 4) is 11.5 Å². The number of carbonyl (C=O) groups is 1. The monoisotopic (exact) mass is 398 g/mol. The number of piperidine rings is 2. The fraction of sp³-hybridized carbons (Fsp3) is 0.609. The van der Waals surface area contributed by atoms with E-state index in [1.165, 1.54) is 19.1 Å². The van der Waals surface area contributed by atoms with Crippen LogP contribution in [0.2, 0.25) is 0 Å². The smallest absolute Gasteiger partial charge is 0.319 e. The van der Waals surface area contributed by atoms with Gasteiger partial charge in [0.15, 0.2) is 11.5 Å². The van der Waals surface area contributed by atoms with E-state index in [2.05, 4.69) is 22.9 Å². The number of aromatic amines is 1. The summed E-state index contributed by atoms with van der Waals surface area (Å²) in [4.78, 5) is 19.7. The molecule has 6 heteroatoms. The van der Waals surface area contributed by atoms with Crippen molar-refractivity contribution in [2.45, 2.75) is 44.1 Å². The molecule has 4 heterocycles. The number of hydrogen-bond acceptors (Lipinski definition) is 5. The van der Waals surface area contributed by atoms with Crippen LogP contribution in [0.1, 0.15) is 37.4 Å². The van der Waals surface area contributed by atoms with E-state index in [0.717, 1.165) is 54.7 Å². The summed E-state index contributed by atoms with van der Waals surface area (Å²) in [5, 5.41) is 1.12. The molecule has 1 aromatic carbocycles. The van der Waals surface area contributed by atoms with Crippen LogP contribution >= 0.6 is 0 Å². The van der Waals surface area contributed by atoms with E-state index in [9.17, 15) is 4.79 Å². The number of nitrogens with zero attached hydrogens (tertiary/aromatic N) is 1. The lowest BCUT2D eigenvalue weighted by atomic mass is 9.56. The molecule has 0 radical (unpaired) electrons. The Bertz CT molecular complexity index is 967. The van der Waals surface area contributed by atoms with Crippen molar-refractivity contribution in [1.82, 2.24) is 9.88 Å². The first kappa shape index (κ1) is 18.8. The molecule has 4 unspecified atom stereocenters. The van der Waals surface area contributed by atoms with Gasteiger partial charge in [-0.3, -0.25) is 9.69 Å². The van der Waals surface area contributed by atoms with Gasteiger partial charge >= 0.3 is 5.97 Å². The molecule has 156 valence electrons. The molecule has 1 aliphatic carbocycles. The lowest BCUT2D eigenvalue weighted by molar-refractivity contribution is -0.162. The summed E-state index contributed by atoms with van der Waals surface area (Å²) in [6.45, 7) is 4.33. The van der Waals surface area contributed by atoms with Crippen molar-refractivity contribution in [1.29, 1.82) is 0 Å². The number of ether oxygens (including phenoxy) is 3. The second-order valence-corrected chi connectivity index (χ2v) is 8.86. The highest BCUT2D eigenvalue weighted by atomic mass is 16.5. The van der Waals surface area contributed by atoms with Crippen molar-refractivity contribution in [3.05, 3.63) is 23.4 Å². The van der Waals surface area contributed by atoms with E-state index in [4.69, 9.17) is 14.2 Å². The van der Waals surface area contributed by atoms with E-state index in [1.54, 1.807) is 14.2 Å². The molecule has 2 aromatic rings. The van der Waals surface area contributed by atoms with Gasteiger partial charge in [0.2, 0.25) is 0 Å². The van der Waals surface area contributed by atoms with Crippen LogP contribution in [0, 0.1) is 11.8 Å². The van der Waals surface area contributed by atoms with Crippen LogP contribution in [-0.4, -0.2) is 56.3 Å². The van der Waals surface area contributed by atoms with E-state index in [0.29, 0.717) is 17.6 Å². The molecule has 2 saturated heterocycles. The summed E-state index contributed by atoms with van der Waals surface area (Å²) in [6, 6.07) is 4.24. The van der Waals surface area contributed by atoms with Gasteiger partial charge in [-0.25, -0.2) is 0 Å². The van der Waals surface area contributed by atoms with Gasteiger partial charge in [-0.05, 0) is 42.7 Å². The fourth-order valence-electron chi connectivity index (χ4n) is 6.64. The molecule has 3 fully saturated rings. The molecule has 5 atom stereocenters. The van der Waals surface area contributed by atoms with Gasteiger partial charge in [0.05, 0.1) is 21.3 Å². The first-order valence-corrected chi connectivity index (χ1v) is 10.7. The zero-order valence-electron chi connectivity index (χ0n) is 17.7. The highest BCUT2D eigenvalue weighted by molar-refractivity contribution is 5.93. The molecule has 0 spiro atoms. The minimum atomic E-state index is -0.623. The topological polar surface area (TPSA) is 63.8 Å². The van der Waals surface area contributed by atoms with Gasteiger partial charge in [0, 0.05) is 41.8 Å². The van der Waals surface area contributed by atoms with Crippen molar-refractivity contribution in [2.75, 3.05) is 34.4 Å². The maximum Gasteiger partial charge on any atom is 0.319 e. The molecule has 6 nitrogen and oxygen atoms in total. The zero-order chi connectivity index (χ0) is 20.3. The van der Waals surface area contributed by atoms with E-state index >= 15 is 0 Å². The third-order valence-corrected chi connectivity index (χ3v) is 7.66. The molecule has 6 rings (SSSR count). The lowest BCUT2D eigenvalue weighted by Gasteiger charge is -2.57. The Balaban J connectivity index is 1.79. The number of benzene rings is 1. The molecular formula is C23H30N2O4. The van der Waals surface area contributed by atoms with Gasteiger partial charge in [-0.15, -0.1) is 0 Å². The largest absolute Gasteiger partial charge is 0.493 e. The van der Waals surface area contributed by atoms with Crippen LogP contribution in [0.3, 0.4) is 0 Å². The highest BCUT2D eigenvalue weighted by Gasteiger charge is 2.62. The first-order chi connectivity index (χ1) is 14.1. The Morgan fingerprint density at radius 1 is 1.24 bits per heavy atom. The Labute approximate surface area is 171 Å². The SMILES string of the molecule is CC[C@@H]1CC2CN3CCc4c([nH]c5cc(OC)c(OC)cc45)C(C(=O)OC)(C2)C13. The molecule has 3 aliphatic heterocycles. The molecule has 4 bridgehead atoms. The maximum atomic E-state index is 13.5. The number of H-pyrrole nitrogens is 1. The summed E-state index contributed by atoms with van der Waals surface area (Å²) in [5.41, 5.74) is 2.67. The average Bonchev–Trinajstić information content (AvgIpc) is 3.08.